The maximum atomic E-state index is 11.7. The van der Waals surface area contributed by atoms with Gasteiger partial charge in [0.15, 0.2) is 0 Å². The molecule has 5 nitrogen and oxygen atoms in total. The summed E-state index contributed by atoms with van der Waals surface area (Å²) in [7, 11) is 1.47. The topological polar surface area (TPSA) is 69.6 Å². The molecule has 0 fully saturated rings. The fourth-order valence-corrected chi connectivity index (χ4v) is 1.81. The van der Waals surface area contributed by atoms with Gasteiger partial charge in [-0.3, -0.25) is 9.59 Å². The summed E-state index contributed by atoms with van der Waals surface area (Å²) >= 11 is 3.36. The van der Waals surface area contributed by atoms with Crippen molar-refractivity contribution in [3.63, 3.8) is 0 Å². The summed E-state index contributed by atoms with van der Waals surface area (Å²) in [4.78, 5) is 24.7. The van der Waals surface area contributed by atoms with Crippen LogP contribution in [0.1, 0.15) is 12.5 Å². The Morgan fingerprint density at radius 2 is 2.11 bits per heavy atom. The summed E-state index contributed by atoms with van der Waals surface area (Å²) in [5.41, 5.74) is 1.52. The second-order valence-corrected chi connectivity index (χ2v) is 5.31. The number of carbonyl (C=O) groups excluding carboxylic acids is 2. The van der Waals surface area contributed by atoms with E-state index in [1.165, 1.54) is 11.9 Å². The highest BCUT2D eigenvalue weighted by Gasteiger charge is 2.19. The smallest absolute Gasteiger partial charge is 0.313 e. The molecule has 1 aromatic rings. The summed E-state index contributed by atoms with van der Waals surface area (Å²) in [6.07, 6.45) is -0.670. The number of rotatable bonds is 3. The van der Waals surface area contributed by atoms with Gasteiger partial charge in [-0.15, -0.1) is 0 Å². The highest BCUT2D eigenvalue weighted by atomic mass is 79.9. The second-order valence-electron chi connectivity index (χ2n) is 4.45. The number of aliphatic hydroxyl groups excluding tert-OH is 1. The average Bonchev–Trinajstić information content (AvgIpc) is 2.32. The molecule has 0 bridgehead atoms. The number of aliphatic hydroxyl groups is 1. The number of nitrogens with zero attached hydrogens (tertiary/aromatic N) is 1. The molecule has 104 valence electrons. The van der Waals surface area contributed by atoms with Gasteiger partial charge in [0.25, 0.3) is 0 Å². The van der Waals surface area contributed by atoms with Gasteiger partial charge in [0.05, 0.1) is 6.10 Å². The number of halogens is 1. The first-order chi connectivity index (χ1) is 8.81. The van der Waals surface area contributed by atoms with E-state index in [2.05, 4.69) is 21.2 Å². The standard InChI is InChI=1S/C13H17BrN2O3/c1-8-6-10(4-5-11(8)14)15-12(18)13(19)16(3)7-9(2)17/h4-6,9,17H,7H2,1-3H3,(H,15,18). The summed E-state index contributed by atoms with van der Waals surface area (Å²) in [6.45, 7) is 3.56. The van der Waals surface area contributed by atoms with E-state index in [9.17, 15) is 14.7 Å². The van der Waals surface area contributed by atoms with Crippen LogP contribution in [0.25, 0.3) is 0 Å². The molecule has 2 N–H and O–H groups in total. The first kappa shape index (κ1) is 15.7. The number of carbonyl (C=O) groups is 2. The van der Waals surface area contributed by atoms with Crippen molar-refractivity contribution in [1.29, 1.82) is 0 Å². The third-order valence-corrected chi connectivity index (χ3v) is 3.38. The molecule has 1 unspecified atom stereocenters. The monoisotopic (exact) mass is 328 g/mol. The van der Waals surface area contributed by atoms with E-state index in [4.69, 9.17) is 0 Å². The molecule has 0 aromatic heterocycles. The lowest BCUT2D eigenvalue weighted by Crippen LogP contribution is -2.40. The van der Waals surface area contributed by atoms with Crippen molar-refractivity contribution >= 4 is 33.4 Å². The molecule has 0 spiro atoms. The lowest BCUT2D eigenvalue weighted by molar-refractivity contribution is -0.142. The summed E-state index contributed by atoms with van der Waals surface area (Å²) in [6, 6.07) is 5.27. The zero-order chi connectivity index (χ0) is 14.6. The molecule has 1 rings (SSSR count). The Hall–Kier alpha value is -1.40. The van der Waals surface area contributed by atoms with E-state index in [0.29, 0.717) is 5.69 Å². The normalized spacial score (nSPS) is 11.8. The number of hydrogen-bond acceptors (Lipinski definition) is 3. The van der Waals surface area contributed by atoms with Gasteiger partial charge < -0.3 is 15.3 Å². The zero-order valence-corrected chi connectivity index (χ0v) is 12.7. The predicted molar refractivity (Wildman–Crippen MR) is 76.8 cm³/mol. The van der Waals surface area contributed by atoms with Gasteiger partial charge in [0.2, 0.25) is 0 Å². The molecule has 6 heteroatoms. The second kappa shape index (κ2) is 6.68. The van der Waals surface area contributed by atoms with Crippen molar-refractivity contribution in [2.24, 2.45) is 0 Å². The van der Waals surface area contributed by atoms with E-state index < -0.39 is 17.9 Å². The van der Waals surface area contributed by atoms with E-state index >= 15 is 0 Å². The van der Waals surface area contributed by atoms with Crippen molar-refractivity contribution in [2.45, 2.75) is 20.0 Å². The Balaban J connectivity index is 2.68. The number of likely N-dealkylation sites (N-methyl/N-ethyl adjacent to an activating group) is 1. The van der Waals surface area contributed by atoms with Crippen LogP contribution in [0.15, 0.2) is 22.7 Å². The minimum atomic E-state index is -0.718. The molecule has 0 heterocycles. The van der Waals surface area contributed by atoms with Gasteiger partial charge in [0, 0.05) is 23.8 Å². The average molecular weight is 329 g/mol. The van der Waals surface area contributed by atoms with Crippen LogP contribution in [0, 0.1) is 6.92 Å². The summed E-state index contributed by atoms with van der Waals surface area (Å²) < 4.78 is 0.933. The molecule has 0 radical (unpaired) electrons. The summed E-state index contributed by atoms with van der Waals surface area (Å²) in [5.74, 6) is -1.40. The fraction of sp³-hybridized carbons (Fsp3) is 0.385. The van der Waals surface area contributed by atoms with Crippen molar-refractivity contribution in [3.8, 4) is 0 Å². The van der Waals surface area contributed by atoms with Crippen LogP contribution in [0.2, 0.25) is 0 Å². The fourth-order valence-electron chi connectivity index (χ4n) is 1.56. The first-order valence-electron chi connectivity index (χ1n) is 5.82. The molecular weight excluding hydrogens is 312 g/mol. The first-order valence-corrected chi connectivity index (χ1v) is 6.61. The quantitative estimate of drug-likeness (QED) is 0.827. The maximum Gasteiger partial charge on any atom is 0.313 e. The largest absolute Gasteiger partial charge is 0.392 e. The van der Waals surface area contributed by atoms with Crippen LogP contribution >= 0.6 is 15.9 Å². The summed E-state index contributed by atoms with van der Waals surface area (Å²) in [5, 5.41) is 11.7. The number of amides is 2. The molecular formula is C13H17BrN2O3. The van der Waals surface area contributed by atoms with Gasteiger partial charge in [-0.25, -0.2) is 0 Å². The number of aryl methyl sites for hydroxylation is 1. The molecule has 19 heavy (non-hydrogen) atoms. The molecule has 1 aromatic carbocycles. The number of benzene rings is 1. The van der Waals surface area contributed by atoms with Gasteiger partial charge in [-0.05, 0) is 37.6 Å². The Labute approximate surface area is 120 Å². The Bertz CT molecular complexity index is 489. The predicted octanol–water partition coefficient (Wildman–Crippen LogP) is 1.54. The Morgan fingerprint density at radius 1 is 1.47 bits per heavy atom. The van der Waals surface area contributed by atoms with Crippen molar-refractivity contribution < 1.29 is 14.7 Å². The molecule has 1 atom stereocenters. The lowest BCUT2D eigenvalue weighted by Gasteiger charge is -2.18. The van der Waals surface area contributed by atoms with E-state index in [1.807, 2.05) is 6.92 Å². The van der Waals surface area contributed by atoms with Gasteiger partial charge in [-0.2, -0.15) is 0 Å². The Kier molecular flexibility index (Phi) is 5.50. The van der Waals surface area contributed by atoms with Gasteiger partial charge in [-0.1, -0.05) is 15.9 Å². The minimum Gasteiger partial charge on any atom is -0.392 e. The maximum absolute atomic E-state index is 11.7. The molecule has 0 saturated heterocycles. The van der Waals surface area contributed by atoms with Crippen molar-refractivity contribution in [1.82, 2.24) is 4.90 Å². The van der Waals surface area contributed by atoms with Crippen LogP contribution in [0.3, 0.4) is 0 Å². The highest BCUT2D eigenvalue weighted by Crippen LogP contribution is 2.19. The van der Waals surface area contributed by atoms with Gasteiger partial charge in [0.1, 0.15) is 0 Å². The third kappa shape index (κ3) is 4.65. The van der Waals surface area contributed by atoms with E-state index in [-0.39, 0.29) is 6.54 Å². The molecule has 0 aliphatic carbocycles. The lowest BCUT2D eigenvalue weighted by atomic mass is 10.2. The van der Waals surface area contributed by atoms with E-state index in [0.717, 1.165) is 10.0 Å². The van der Waals surface area contributed by atoms with Crippen LogP contribution in [0.4, 0.5) is 5.69 Å². The van der Waals surface area contributed by atoms with Crippen LogP contribution in [-0.2, 0) is 9.59 Å². The molecule has 0 aliphatic heterocycles. The number of anilines is 1. The minimum absolute atomic E-state index is 0.117. The number of hydrogen-bond donors (Lipinski definition) is 2. The number of nitrogens with one attached hydrogen (secondary N) is 1. The van der Waals surface area contributed by atoms with Crippen molar-refractivity contribution in [2.75, 3.05) is 18.9 Å². The van der Waals surface area contributed by atoms with Crippen LogP contribution in [-0.4, -0.2) is 41.5 Å². The van der Waals surface area contributed by atoms with Gasteiger partial charge >= 0.3 is 11.8 Å². The third-order valence-electron chi connectivity index (χ3n) is 2.49. The van der Waals surface area contributed by atoms with Crippen LogP contribution < -0.4 is 5.32 Å². The zero-order valence-electron chi connectivity index (χ0n) is 11.1. The molecule has 0 saturated carbocycles. The highest BCUT2D eigenvalue weighted by molar-refractivity contribution is 9.10. The molecule has 2 amide bonds. The SMILES string of the molecule is Cc1cc(NC(=O)C(=O)N(C)CC(C)O)ccc1Br. The molecule has 0 aliphatic rings. The van der Waals surface area contributed by atoms with Crippen molar-refractivity contribution in [3.05, 3.63) is 28.2 Å². The van der Waals surface area contributed by atoms with Crippen LogP contribution in [0.5, 0.6) is 0 Å². The Morgan fingerprint density at radius 3 is 2.63 bits per heavy atom. The van der Waals surface area contributed by atoms with E-state index in [1.54, 1.807) is 25.1 Å².